The first-order valence-corrected chi connectivity index (χ1v) is 8.42. The smallest absolute Gasteiger partial charge is 0.252 e. The van der Waals surface area contributed by atoms with E-state index in [0.717, 1.165) is 44.1 Å². The molecule has 1 aliphatic rings. The lowest BCUT2D eigenvalue weighted by Crippen LogP contribution is -2.46. The van der Waals surface area contributed by atoms with Gasteiger partial charge in [0.05, 0.1) is 17.6 Å². The van der Waals surface area contributed by atoms with Gasteiger partial charge in [-0.15, -0.1) is 0 Å². The number of Topliss-reactive ketones (excluding diaryl/α,β-unsaturated/α-hetero) is 1. The number of hydrogen-bond donors (Lipinski definition) is 1. The molecule has 7 heteroatoms. The van der Waals surface area contributed by atoms with Gasteiger partial charge in [-0.1, -0.05) is 19.1 Å². The van der Waals surface area contributed by atoms with Crippen molar-refractivity contribution in [2.75, 3.05) is 37.6 Å². The molecule has 0 spiro atoms. The van der Waals surface area contributed by atoms with Crippen LogP contribution in [0, 0.1) is 0 Å². The zero-order valence-corrected chi connectivity index (χ0v) is 14.5. The van der Waals surface area contributed by atoms with Crippen molar-refractivity contribution >= 4 is 11.5 Å². The molecule has 2 heterocycles. The molecule has 0 amide bonds. The van der Waals surface area contributed by atoms with Gasteiger partial charge in [0.2, 0.25) is 0 Å². The molecule has 0 unspecified atom stereocenters. The Morgan fingerprint density at radius 2 is 1.80 bits per heavy atom. The number of likely N-dealkylation sites (N-methyl/N-ethyl adjacent to an activating group) is 1. The largest absolute Gasteiger partial charge is 0.503 e. The van der Waals surface area contributed by atoms with Crippen molar-refractivity contribution in [1.29, 1.82) is 0 Å². The minimum absolute atomic E-state index is 0.259. The van der Waals surface area contributed by atoms with Crippen LogP contribution in [0.2, 0.25) is 0 Å². The molecule has 0 bridgehead atoms. The topological polar surface area (TPSA) is 78.7 Å². The molecule has 1 saturated heterocycles. The SMILES string of the molecule is CCN1CCN(c2ccccc2-n2cc(O)c(=O)c(C(C)=O)n2)CC1. The van der Waals surface area contributed by atoms with Crippen LogP contribution in [-0.4, -0.2) is 58.3 Å². The van der Waals surface area contributed by atoms with Gasteiger partial charge in [0.1, 0.15) is 0 Å². The van der Waals surface area contributed by atoms with Crippen LogP contribution in [0.15, 0.2) is 35.3 Å². The Kier molecular flexibility index (Phi) is 4.85. The van der Waals surface area contributed by atoms with E-state index in [1.54, 1.807) is 0 Å². The summed E-state index contributed by atoms with van der Waals surface area (Å²) in [6.45, 7) is 8.18. The van der Waals surface area contributed by atoms with Crippen LogP contribution in [0.25, 0.3) is 5.69 Å². The minimum atomic E-state index is -0.738. The molecule has 7 nitrogen and oxygen atoms in total. The Morgan fingerprint density at radius 1 is 1.16 bits per heavy atom. The number of nitrogens with zero attached hydrogens (tertiary/aromatic N) is 4. The zero-order valence-electron chi connectivity index (χ0n) is 14.5. The second kappa shape index (κ2) is 7.06. The summed E-state index contributed by atoms with van der Waals surface area (Å²) in [5.41, 5.74) is 0.692. The first kappa shape index (κ1) is 17.2. The molecule has 1 aromatic carbocycles. The molecule has 25 heavy (non-hydrogen) atoms. The second-order valence-corrected chi connectivity index (χ2v) is 6.10. The average Bonchev–Trinajstić information content (AvgIpc) is 2.63. The highest BCUT2D eigenvalue weighted by Crippen LogP contribution is 2.25. The van der Waals surface area contributed by atoms with Gasteiger partial charge in [-0.25, -0.2) is 4.68 Å². The maximum absolute atomic E-state index is 11.9. The maximum atomic E-state index is 11.9. The average molecular weight is 342 g/mol. The lowest BCUT2D eigenvalue weighted by atomic mass is 10.2. The fourth-order valence-corrected chi connectivity index (χ4v) is 3.06. The van der Waals surface area contributed by atoms with Crippen LogP contribution in [0.3, 0.4) is 0 Å². The Hall–Kier alpha value is -2.67. The molecule has 1 fully saturated rings. The van der Waals surface area contributed by atoms with E-state index in [2.05, 4.69) is 21.8 Å². The van der Waals surface area contributed by atoms with E-state index in [1.165, 1.54) is 17.8 Å². The Morgan fingerprint density at radius 3 is 2.40 bits per heavy atom. The fourth-order valence-electron chi connectivity index (χ4n) is 3.06. The summed E-state index contributed by atoms with van der Waals surface area (Å²) in [6.07, 6.45) is 1.26. The van der Waals surface area contributed by atoms with Gasteiger partial charge in [-0.3, -0.25) is 9.59 Å². The van der Waals surface area contributed by atoms with Gasteiger partial charge in [0.15, 0.2) is 17.2 Å². The number of carbonyl (C=O) groups excluding carboxylic acids is 1. The Bertz CT molecular complexity index is 838. The standard InChI is InChI=1S/C18H22N4O3/c1-3-20-8-10-21(11-9-20)14-6-4-5-7-15(14)22-12-16(24)18(25)17(19-22)13(2)23/h4-7,12,24H,3,8-11H2,1-2H3. The van der Waals surface area contributed by atoms with E-state index in [-0.39, 0.29) is 5.69 Å². The first-order valence-electron chi connectivity index (χ1n) is 8.42. The van der Waals surface area contributed by atoms with Gasteiger partial charge < -0.3 is 14.9 Å². The summed E-state index contributed by atoms with van der Waals surface area (Å²) in [5.74, 6) is -0.950. The number of anilines is 1. The van der Waals surface area contributed by atoms with E-state index in [9.17, 15) is 14.7 Å². The normalized spacial score (nSPS) is 15.4. The van der Waals surface area contributed by atoms with Crippen LogP contribution in [0.1, 0.15) is 24.3 Å². The van der Waals surface area contributed by atoms with Crippen LogP contribution >= 0.6 is 0 Å². The molecule has 1 N–H and O–H groups in total. The molecule has 3 rings (SSSR count). The van der Waals surface area contributed by atoms with Crippen molar-refractivity contribution < 1.29 is 9.90 Å². The summed E-state index contributed by atoms with van der Waals surface area (Å²) in [7, 11) is 0. The summed E-state index contributed by atoms with van der Waals surface area (Å²) < 4.78 is 1.41. The number of benzene rings is 1. The van der Waals surface area contributed by atoms with Gasteiger partial charge in [-0.05, 0) is 18.7 Å². The van der Waals surface area contributed by atoms with Crippen LogP contribution in [0.5, 0.6) is 5.75 Å². The molecular weight excluding hydrogens is 320 g/mol. The maximum Gasteiger partial charge on any atom is 0.252 e. The van der Waals surface area contributed by atoms with Gasteiger partial charge >= 0.3 is 0 Å². The number of ketones is 1. The number of carbonyl (C=O) groups is 1. The fraction of sp³-hybridized carbons (Fsp3) is 0.389. The number of piperazine rings is 1. The minimum Gasteiger partial charge on any atom is -0.503 e. The quantitative estimate of drug-likeness (QED) is 0.844. The number of para-hydroxylation sites is 2. The van der Waals surface area contributed by atoms with Crippen molar-refractivity contribution in [3.05, 3.63) is 46.4 Å². The van der Waals surface area contributed by atoms with E-state index >= 15 is 0 Å². The van der Waals surface area contributed by atoms with Crippen molar-refractivity contribution in [2.24, 2.45) is 0 Å². The summed E-state index contributed by atoms with van der Waals surface area (Å²) in [6, 6.07) is 7.66. The molecule has 1 aromatic heterocycles. The molecule has 0 aliphatic carbocycles. The van der Waals surface area contributed by atoms with Gasteiger partial charge in [0, 0.05) is 33.1 Å². The van der Waals surface area contributed by atoms with E-state index < -0.39 is 17.0 Å². The number of hydrogen-bond acceptors (Lipinski definition) is 6. The molecular formula is C18H22N4O3. The zero-order chi connectivity index (χ0) is 18.0. The summed E-state index contributed by atoms with van der Waals surface area (Å²) >= 11 is 0. The number of rotatable bonds is 4. The Labute approximate surface area is 146 Å². The first-order chi connectivity index (χ1) is 12.0. The third-order valence-electron chi connectivity index (χ3n) is 4.52. The lowest BCUT2D eigenvalue weighted by Gasteiger charge is -2.36. The molecule has 1 aliphatic heterocycles. The van der Waals surface area contributed by atoms with Gasteiger partial charge in [-0.2, -0.15) is 5.10 Å². The Balaban J connectivity index is 2.02. The predicted octanol–water partition coefficient (Wildman–Crippen LogP) is 1.28. The van der Waals surface area contributed by atoms with Crippen molar-refractivity contribution in [2.45, 2.75) is 13.8 Å². The van der Waals surface area contributed by atoms with Crippen LogP contribution < -0.4 is 10.3 Å². The van der Waals surface area contributed by atoms with Crippen molar-refractivity contribution in [3.8, 4) is 11.4 Å². The monoisotopic (exact) mass is 342 g/mol. The third-order valence-corrected chi connectivity index (χ3v) is 4.52. The lowest BCUT2D eigenvalue weighted by molar-refractivity contribution is 0.100. The highest BCUT2D eigenvalue weighted by atomic mass is 16.3. The molecule has 0 atom stereocenters. The third kappa shape index (κ3) is 3.41. The van der Waals surface area contributed by atoms with Crippen molar-refractivity contribution in [3.63, 3.8) is 0 Å². The summed E-state index contributed by atoms with van der Waals surface area (Å²) in [4.78, 5) is 28.2. The van der Waals surface area contributed by atoms with Crippen LogP contribution in [-0.2, 0) is 0 Å². The van der Waals surface area contributed by atoms with E-state index in [0.29, 0.717) is 0 Å². The highest BCUT2D eigenvalue weighted by molar-refractivity contribution is 5.92. The highest BCUT2D eigenvalue weighted by Gasteiger charge is 2.20. The van der Waals surface area contributed by atoms with E-state index in [4.69, 9.17) is 0 Å². The molecule has 0 radical (unpaired) electrons. The predicted molar refractivity (Wildman–Crippen MR) is 95.8 cm³/mol. The second-order valence-electron chi connectivity index (χ2n) is 6.10. The van der Waals surface area contributed by atoms with Gasteiger partial charge in [0.25, 0.3) is 5.43 Å². The molecule has 2 aromatic rings. The summed E-state index contributed by atoms with van der Waals surface area (Å²) in [5, 5.41) is 14.1. The number of aromatic nitrogens is 2. The van der Waals surface area contributed by atoms with Crippen molar-refractivity contribution in [1.82, 2.24) is 14.7 Å². The molecule has 0 saturated carbocycles. The number of aromatic hydroxyl groups is 1. The molecule has 132 valence electrons. The van der Waals surface area contributed by atoms with Crippen LogP contribution in [0.4, 0.5) is 5.69 Å². The van der Waals surface area contributed by atoms with E-state index in [1.807, 2.05) is 24.3 Å².